The summed E-state index contributed by atoms with van der Waals surface area (Å²) in [4.78, 5) is 38.3. The molecule has 0 saturated heterocycles. The van der Waals surface area contributed by atoms with Crippen LogP contribution in [0.15, 0.2) is 24.3 Å². The van der Waals surface area contributed by atoms with Crippen LogP contribution in [0.1, 0.15) is 393 Å². The summed E-state index contributed by atoms with van der Waals surface area (Å²) in [5.74, 6) is -0.832. The molecule has 454 valence electrons. The van der Waals surface area contributed by atoms with Crippen LogP contribution in [0.5, 0.6) is 0 Å². The van der Waals surface area contributed by atoms with E-state index in [1.165, 1.54) is 289 Å². The first-order valence-electron chi connectivity index (χ1n) is 34.8. The highest BCUT2D eigenvalue weighted by Crippen LogP contribution is 2.19. The second-order valence-corrected chi connectivity index (χ2v) is 23.8. The molecular weight excluding hydrogens is 949 g/mol. The Balaban J connectivity index is 4.09. The number of rotatable bonds is 65. The summed E-state index contributed by atoms with van der Waals surface area (Å²) in [6.07, 6.45) is 80.7. The van der Waals surface area contributed by atoms with Crippen LogP contribution in [0.25, 0.3) is 0 Å². The van der Waals surface area contributed by atoms with E-state index in [2.05, 4.69) is 45.1 Å². The highest BCUT2D eigenvalue weighted by atomic mass is 16.6. The number of hydrogen-bond donors (Lipinski definition) is 0. The van der Waals surface area contributed by atoms with Gasteiger partial charge in [0.25, 0.3) is 0 Å². The van der Waals surface area contributed by atoms with Gasteiger partial charge in [-0.15, -0.1) is 0 Å². The quantitative estimate of drug-likeness (QED) is 0.0261. The van der Waals surface area contributed by atoms with Gasteiger partial charge in [-0.2, -0.15) is 0 Å². The van der Waals surface area contributed by atoms with E-state index < -0.39 is 6.10 Å². The molecule has 1 unspecified atom stereocenters. The number of carbonyl (C=O) groups is 3. The van der Waals surface area contributed by atoms with Gasteiger partial charge in [0, 0.05) is 19.3 Å². The highest BCUT2D eigenvalue weighted by molar-refractivity contribution is 5.71. The molecule has 6 nitrogen and oxygen atoms in total. The zero-order valence-electron chi connectivity index (χ0n) is 52.3. The number of esters is 3. The Labute approximate surface area is 481 Å². The van der Waals surface area contributed by atoms with E-state index in [4.69, 9.17) is 14.2 Å². The Bertz CT molecular complexity index is 1240. The predicted molar refractivity (Wildman–Crippen MR) is 335 cm³/mol. The lowest BCUT2D eigenvalue weighted by molar-refractivity contribution is -0.167. The average Bonchev–Trinajstić information content (AvgIpc) is 3.43. The molecule has 77 heavy (non-hydrogen) atoms. The minimum atomic E-state index is -0.765. The van der Waals surface area contributed by atoms with E-state index in [0.717, 1.165) is 64.2 Å². The fraction of sp³-hybridized carbons (Fsp3) is 0.901. The standard InChI is InChI=1S/C71H134O6/c1-4-7-10-13-16-19-22-24-26-28-29-30-31-32-33-34-35-36-37-38-39-40-41-43-44-46-49-52-55-58-61-64-70(73)76-67-68(66-75-69(72)63-60-57-54-51-48-21-18-15-12-9-6-3)77-71(74)65-62-59-56-53-50-47-45-42-27-25-23-20-17-14-11-8-5-2/h22,24,28-29,68H,4-21,23,25-27,30-67H2,1-3H3/b24-22-,29-28-. The number of hydrogen-bond acceptors (Lipinski definition) is 6. The molecule has 0 spiro atoms. The maximum atomic E-state index is 12.9. The van der Waals surface area contributed by atoms with Gasteiger partial charge in [-0.05, 0) is 51.4 Å². The molecule has 0 radical (unpaired) electrons. The first-order valence-corrected chi connectivity index (χ1v) is 34.8. The van der Waals surface area contributed by atoms with Crippen LogP contribution in [0.2, 0.25) is 0 Å². The summed E-state index contributed by atoms with van der Waals surface area (Å²) in [5.41, 5.74) is 0. The lowest BCUT2D eigenvalue weighted by atomic mass is 10.0. The first-order chi connectivity index (χ1) is 38.0. The molecule has 0 aliphatic carbocycles. The third-order valence-electron chi connectivity index (χ3n) is 16.0. The molecule has 0 fully saturated rings. The van der Waals surface area contributed by atoms with Gasteiger partial charge in [0.1, 0.15) is 13.2 Å². The van der Waals surface area contributed by atoms with Gasteiger partial charge in [0.2, 0.25) is 0 Å². The predicted octanol–water partition coefficient (Wildman–Crippen LogP) is 23.8. The number of ether oxygens (including phenoxy) is 3. The SMILES string of the molecule is CCCCCCC/C=C\C/C=C\CCCCCCCCCCCCCCCCCCCCCC(=O)OCC(COC(=O)CCCCCCCCCCCCC)OC(=O)CCCCCCCCCCCCCCCCCCC. The third kappa shape index (κ3) is 64.6. The van der Waals surface area contributed by atoms with Crippen LogP contribution in [-0.4, -0.2) is 37.2 Å². The zero-order chi connectivity index (χ0) is 55.7. The van der Waals surface area contributed by atoms with Crippen LogP contribution in [0, 0.1) is 0 Å². The normalized spacial score (nSPS) is 12.1. The number of carbonyl (C=O) groups excluding carboxylic acids is 3. The van der Waals surface area contributed by atoms with Crippen LogP contribution < -0.4 is 0 Å². The summed E-state index contributed by atoms with van der Waals surface area (Å²) in [5, 5.41) is 0. The molecule has 0 aliphatic heterocycles. The molecule has 0 aliphatic rings. The van der Waals surface area contributed by atoms with Gasteiger partial charge >= 0.3 is 17.9 Å². The minimum Gasteiger partial charge on any atom is -0.462 e. The van der Waals surface area contributed by atoms with E-state index in [9.17, 15) is 14.4 Å². The third-order valence-corrected chi connectivity index (χ3v) is 16.0. The van der Waals surface area contributed by atoms with E-state index in [1.54, 1.807) is 0 Å². The van der Waals surface area contributed by atoms with Crippen molar-refractivity contribution in [1.29, 1.82) is 0 Å². The summed E-state index contributed by atoms with van der Waals surface area (Å²) >= 11 is 0. The molecule has 0 amide bonds. The van der Waals surface area contributed by atoms with Crippen LogP contribution in [0.4, 0.5) is 0 Å². The number of unbranched alkanes of at least 4 members (excludes halogenated alkanes) is 50. The molecule has 0 N–H and O–H groups in total. The van der Waals surface area contributed by atoms with E-state index in [1.807, 2.05) is 0 Å². The fourth-order valence-electron chi connectivity index (χ4n) is 10.7. The second-order valence-electron chi connectivity index (χ2n) is 23.8. The van der Waals surface area contributed by atoms with Crippen molar-refractivity contribution in [3.63, 3.8) is 0 Å². The van der Waals surface area contributed by atoms with Crippen molar-refractivity contribution < 1.29 is 28.6 Å². The summed E-state index contributed by atoms with van der Waals surface area (Å²) in [7, 11) is 0. The van der Waals surface area contributed by atoms with Crippen molar-refractivity contribution in [2.75, 3.05) is 13.2 Å². The van der Waals surface area contributed by atoms with Gasteiger partial charge in [0.05, 0.1) is 0 Å². The topological polar surface area (TPSA) is 78.9 Å². The molecule has 0 heterocycles. The van der Waals surface area contributed by atoms with Crippen LogP contribution in [0.3, 0.4) is 0 Å². The summed E-state index contributed by atoms with van der Waals surface area (Å²) in [6, 6.07) is 0. The first kappa shape index (κ1) is 74.9. The second kappa shape index (κ2) is 66.4. The Hall–Kier alpha value is -2.11. The lowest BCUT2D eigenvalue weighted by Crippen LogP contribution is -2.30. The van der Waals surface area contributed by atoms with Gasteiger partial charge in [-0.1, -0.05) is 347 Å². The Kier molecular flexibility index (Phi) is 64.6. The monoisotopic (exact) mass is 1080 g/mol. The maximum Gasteiger partial charge on any atom is 0.306 e. The minimum absolute atomic E-state index is 0.0633. The van der Waals surface area contributed by atoms with E-state index in [-0.39, 0.29) is 31.1 Å². The fourth-order valence-corrected chi connectivity index (χ4v) is 10.7. The van der Waals surface area contributed by atoms with Gasteiger partial charge in [-0.3, -0.25) is 14.4 Å². The van der Waals surface area contributed by atoms with Crippen molar-refractivity contribution in [2.24, 2.45) is 0 Å². The molecule has 0 aromatic heterocycles. The Morgan fingerprint density at radius 1 is 0.260 bits per heavy atom. The average molecular weight is 1080 g/mol. The smallest absolute Gasteiger partial charge is 0.306 e. The molecular formula is C71H134O6. The Morgan fingerprint density at radius 2 is 0.468 bits per heavy atom. The molecule has 6 heteroatoms. The molecule has 0 bridgehead atoms. The Morgan fingerprint density at radius 3 is 0.714 bits per heavy atom. The molecule has 0 rings (SSSR count). The van der Waals surface area contributed by atoms with Crippen molar-refractivity contribution in [1.82, 2.24) is 0 Å². The van der Waals surface area contributed by atoms with Gasteiger partial charge < -0.3 is 14.2 Å². The van der Waals surface area contributed by atoms with Crippen LogP contribution >= 0.6 is 0 Å². The molecule has 0 aromatic carbocycles. The zero-order valence-corrected chi connectivity index (χ0v) is 52.3. The summed E-state index contributed by atoms with van der Waals surface area (Å²) in [6.45, 7) is 6.70. The van der Waals surface area contributed by atoms with Crippen LogP contribution in [-0.2, 0) is 28.6 Å². The van der Waals surface area contributed by atoms with Gasteiger partial charge in [0.15, 0.2) is 6.10 Å². The lowest BCUT2D eigenvalue weighted by Gasteiger charge is -2.18. The molecule has 0 saturated carbocycles. The molecule has 1 atom stereocenters. The maximum absolute atomic E-state index is 12.9. The highest BCUT2D eigenvalue weighted by Gasteiger charge is 2.19. The van der Waals surface area contributed by atoms with E-state index in [0.29, 0.717) is 19.3 Å². The summed E-state index contributed by atoms with van der Waals surface area (Å²) < 4.78 is 17.0. The molecule has 0 aromatic rings. The van der Waals surface area contributed by atoms with Crippen molar-refractivity contribution in [3.05, 3.63) is 24.3 Å². The van der Waals surface area contributed by atoms with Crippen molar-refractivity contribution in [3.8, 4) is 0 Å². The number of allylic oxidation sites excluding steroid dienone is 4. The van der Waals surface area contributed by atoms with Crippen molar-refractivity contribution >= 4 is 17.9 Å². The van der Waals surface area contributed by atoms with Gasteiger partial charge in [-0.25, -0.2) is 0 Å². The largest absolute Gasteiger partial charge is 0.462 e. The van der Waals surface area contributed by atoms with Crippen molar-refractivity contribution in [2.45, 2.75) is 399 Å². The van der Waals surface area contributed by atoms with E-state index >= 15 is 0 Å².